The normalized spacial score (nSPS) is 18.4. The van der Waals surface area contributed by atoms with E-state index in [-0.39, 0.29) is 29.6 Å². The summed E-state index contributed by atoms with van der Waals surface area (Å²) in [4.78, 5) is 36.3. The highest BCUT2D eigenvalue weighted by molar-refractivity contribution is 6.52. The van der Waals surface area contributed by atoms with Crippen molar-refractivity contribution in [2.24, 2.45) is 4.99 Å². The molecular formula is C14H15N3O2. The van der Waals surface area contributed by atoms with Crippen molar-refractivity contribution in [1.29, 1.82) is 0 Å². The van der Waals surface area contributed by atoms with Crippen LogP contribution in [0.25, 0.3) is 0 Å². The molecule has 1 aromatic heterocycles. The molecule has 0 aromatic carbocycles. The van der Waals surface area contributed by atoms with Crippen molar-refractivity contribution in [2.75, 3.05) is 0 Å². The first-order valence-corrected chi connectivity index (χ1v) is 6.03. The third kappa shape index (κ3) is 2.65. The maximum Gasteiger partial charge on any atom is 0.250 e. The van der Waals surface area contributed by atoms with Crippen molar-refractivity contribution in [2.45, 2.75) is 34.1 Å². The Bertz CT molecular complexity index is 622. The summed E-state index contributed by atoms with van der Waals surface area (Å²) in [6, 6.07) is 1.83. The molecule has 5 heteroatoms. The first-order chi connectivity index (χ1) is 8.88. The second kappa shape index (κ2) is 4.84. The number of ketones is 2. The monoisotopic (exact) mass is 257 g/mol. The molecule has 0 aliphatic heterocycles. The molecule has 0 saturated heterocycles. The first-order valence-electron chi connectivity index (χ1n) is 6.03. The zero-order valence-electron chi connectivity index (χ0n) is 11.4. The maximum atomic E-state index is 12.1. The zero-order valence-corrected chi connectivity index (χ0v) is 11.4. The fourth-order valence-electron chi connectivity index (χ4n) is 1.93. The molecule has 19 heavy (non-hydrogen) atoms. The predicted molar refractivity (Wildman–Crippen MR) is 71.6 cm³/mol. The van der Waals surface area contributed by atoms with Crippen LogP contribution in [-0.4, -0.2) is 27.2 Å². The lowest BCUT2D eigenvalue weighted by Gasteiger charge is -2.14. The second-order valence-electron chi connectivity index (χ2n) is 4.69. The molecule has 0 spiro atoms. The third-order valence-corrected chi connectivity index (χ3v) is 3.12. The minimum atomic E-state index is -0.195. The fraction of sp³-hybridized carbons (Fsp3) is 0.357. The van der Waals surface area contributed by atoms with Gasteiger partial charge in [0.1, 0.15) is 0 Å². The van der Waals surface area contributed by atoms with Gasteiger partial charge in [-0.1, -0.05) is 0 Å². The number of hydrogen-bond acceptors (Lipinski definition) is 5. The van der Waals surface area contributed by atoms with Crippen molar-refractivity contribution in [1.82, 2.24) is 9.97 Å². The lowest BCUT2D eigenvalue weighted by atomic mass is 9.90. The van der Waals surface area contributed by atoms with Crippen LogP contribution >= 0.6 is 0 Å². The summed E-state index contributed by atoms with van der Waals surface area (Å²) in [7, 11) is 0. The number of aromatic nitrogens is 2. The van der Waals surface area contributed by atoms with Crippen molar-refractivity contribution >= 4 is 23.2 Å². The topological polar surface area (TPSA) is 72.3 Å². The number of rotatable bonds is 1. The molecule has 98 valence electrons. The van der Waals surface area contributed by atoms with Gasteiger partial charge in [-0.2, -0.15) is 0 Å². The Labute approximate surface area is 111 Å². The molecule has 1 aliphatic carbocycles. The van der Waals surface area contributed by atoms with Gasteiger partial charge >= 0.3 is 0 Å². The lowest BCUT2D eigenvalue weighted by Crippen LogP contribution is -2.27. The molecule has 0 amide bonds. The van der Waals surface area contributed by atoms with Crippen LogP contribution in [0.1, 0.15) is 31.7 Å². The van der Waals surface area contributed by atoms with Crippen LogP contribution in [0.15, 0.2) is 22.2 Å². The van der Waals surface area contributed by atoms with Crippen LogP contribution in [0.2, 0.25) is 0 Å². The van der Waals surface area contributed by atoms with Crippen LogP contribution in [0, 0.1) is 13.8 Å². The van der Waals surface area contributed by atoms with E-state index < -0.39 is 0 Å². The van der Waals surface area contributed by atoms with Gasteiger partial charge in [0.25, 0.3) is 0 Å². The van der Waals surface area contributed by atoms with Crippen molar-refractivity contribution in [3.05, 3.63) is 28.6 Å². The van der Waals surface area contributed by atoms with E-state index in [1.165, 1.54) is 0 Å². The number of nitrogens with zero attached hydrogens (tertiary/aromatic N) is 3. The molecule has 0 atom stereocenters. The van der Waals surface area contributed by atoms with Gasteiger partial charge in [-0.05, 0) is 39.3 Å². The molecule has 1 aromatic rings. The summed E-state index contributed by atoms with van der Waals surface area (Å²) in [5.41, 5.74) is 2.76. The number of Topliss-reactive ketones (excluding diaryl/α,β-unsaturated/α-hetero) is 2. The van der Waals surface area contributed by atoms with Crippen LogP contribution in [0.5, 0.6) is 0 Å². The molecule has 0 unspecified atom stereocenters. The minimum absolute atomic E-state index is 0.0261. The third-order valence-electron chi connectivity index (χ3n) is 3.12. The second-order valence-corrected chi connectivity index (χ2v) is 4.69. The summed E-state index contributed by atoms with van der Waals surface area (Å²) >= 11 is 0. The van der Waals surface area contributed by atoms with Gasteiger partial charge in [0.15, 0.2) is 5.78 Å². The molecule has 1 heterocycles. The van der Waals surface area contributed by atoms with E-state index >= 15 is 0 Å². The number of aliphatic imine (C=N–C) groups is 1. The van der Waals surface area contributed by atoms with E-state index in [2.05, 4.69) is 15.0 Å². The lowest BCUT2D eigenvalue weighted by molar-refractivity contribution is -0.117. The molecule has 0 fully saturated rings. The fourth-order valence-corrected chi connectivity index (χ4v) is 1.93. The first kappa shape index (κ1) is 13.3. The number of aryl methyl sites for hydroxylation is 2. The minimum Gasteiger partial charge on any atom is -0.294 e. The van der Waals surface area contributed by atoms with Crippen molar-refractivity contribution in [3.63, 3.8) is 0 Å². The predicted octanol–water partition coefficient (Wildman–Crippen LogP) is 2.04. The Morgan fingerprint density at radius 3 is 2.16 bits per heavy atom. The maximum absolute atomic E-state index is 12.1. The Morgan fingerprint density at radius 1 is 1.00 bits per heavy atom. The van der Waals surface area contributed by atoms with Crippen LogP contribution in [-0.2, 0) is 9.59 Å². The number of hydrogen-bond donors (Lipinski definition) is 0. The van der Waals surface area contributed by atoms with Gasteiger partial charge in [0, 0.05) is 17.0 Å². The average Bonchev–Trinajstić information content (AvgIpc) is 2.32. The number of carbonyl (C=O) groups excluding carboxylic acids is 2. The molecular weight excluding hydrogens is 242 g/mol. The van der Waals surface area contributed by atoms with Gasteiger partial charge in [-0.25, -0.2) is 15.0 Å². The molecule has 0 radical (unpaired) electrons. The highest BCUT2D eigenvalue weighted by Gasteiger charge is 2.27. The van der Waals surface area contributed by atoms with E-state index in [1.54, 1.807) is 13.8 Å². The number of carbonyl (C=O) groups is 2. The Morgan fingerprint density at radius 2 is 1.58 bits per heavy atom. The van der Waals surface area contributed by atoms with Gasteiger partial charge < -0.3 is 0 Å². The zero-order chi connectivity index (χ0) is 14.2. The molecule has 1 aliphatic rings. The Balaban J connectivity index is 2.45. The summed E-state index contributed by atoms with van der Waals surface area (Å²) in [6.45, 7) is 6.98. The average molecular weight is 257 g/mol. The molecule has 5 nitrogen and oxygen atoms in total. The molecule has 0 saturated carbocycles. The van der Waals surface area contributed by atoms with Crippen LogP contribution < -0.4 is 0 Å². The number of allylic oxidation sites excluding steroid dienone is 2. The smallest absolute Gasteiger partial charge is 0.250 e. The Hall–Kier alpha value is -2.17. The van der Waals surface area contributed by atoms with Crippen molar-refractivity contribution < 1.29 is 9.59 Å². The summed E-state index contributed by atoms with van der Waals surface area (Å²) < 4.78 is 0. The van der Waals surface area contributed by atoms with Gasteiger partial charge in [-0.15, -0.1) is 0 Å². The summed E-state index contributed by atoms with van der Waals surface area (Å²) in [5, 5.41) is 0. The quantitative estimate of drug-likeness (QED) is 0.771. The van der Waals surface area contributed by atoms with E-state index in [1.807, 2.05) is 19.9 Å². The van der Waals surface area contributed by atoms with E-state index in [9.17, 15) is 9.59 Å². The molecule has 0 bridgehead atoms. The van der Waals surface area contributed by atoms with Gasteiger partial charge in [0.05, 0.1) is 12.1 Å². The van der Waals surface area contributed by atoms with Crippen LogP contribution in [0.3, 0.4) is 0 Å². The highest BCUT2D eigenvalue weighted by atomic mass is 16.1. The molecule has 0 N–H and O–H groups in total. The summed E-state index contributed by atoms with van der Waals surface area (Å²) in [5.74, 6) is -0.0268. The van der Waals surface area contributed by atoms with Gasteiger partial charge in [0.2, 0.25) is 11.7 Å². The standard InChI is InChI=1S/C14H15N3O2/c1-7-5-8(2)16-14(15-7)17-11-6-12(18)9(3)10(4)13(11)19/h5H,6H2,1-4H3. The van der Waals surface area contributed by atoms with E-state index in [4.69, 9.17) is 0 Å². The largest absolute Gasteiger partial charge is 0.294 e. The SMILES string of the molecule is CC1=C(C)C(=O)C(=Nc2nc(C)cc(C)n2)CC1=O. The summed E-state index contributed by atoms with van der Waals surface area (Å²) in [6.07, 6.45) is 0.0261. The molecule has 2 rings (SSSR count). The van der Waals surface area contributed by atoms with Crippen LogP contribution in [0.4, 0.5) is 5.95 Å². The van der Waals surface area contributed by atoms with Crippen molar-refractivity contribution in [3.8, 4) is 0 Å². The van der Waals surface area contributed by atoms with E-state index in [0.29, 0.717) is 11.1 Å². The Kier molecular flexibility index (Phi) is 3.38. The van der Waals surface area contributed by atoms with E-state index in [0.717, 1.165) is 11.4 Å². The van der Waals surface area contributed by atoms with Gasteiger partial charge in [-0.3, -0.25) is 9.59 Å². The highest BCUT2D eigenvalue weighted by Crippen LogP contribution is 2.19.